The predicted octanol–water partition coefficient (Wildman–Crippen LogP) is 6.26. The Morgan fingerprint density at radius 3 is 2.06 bits per heavy atom. The van der Waals surface area contributed by atoms with Crippen LogP contribution in [0, 0.1) is 0 Å². The molecule has 0 N–H and O–H groups in total. The molecule has 1 aliphatic rings. The molecule has 2 heterocycles. The molecule has 1 aliphatic heterocycles. The maximum Gasteiger partial charge on any atom is 0.418 e. The molecule has 1 saturated heterocycles. The lowest BCUT2D eigenvalue weighted by Crippen LogP contribution is -2.38. The molecular weight excluding hydrogens is 540 g/mol. The van der Waals surface area contributed by atoms with Crippen LogP contribution in [0.4, 0.5) is 37.8 Å². The maximum atomic E-state index is 13.8. The summed E-state index contributed by atoms with van der Waals surface area (Å²) < 4.78 is 95.7. The molecule has 0 spiro atoms. The zero-order valence-electron chi connectivity index (χ0n) is 18.8. The predicted molar refractivity (Wildman–Crippen MR) is 120 cm³/mol. The number of alkyl halides is 6. The van der Waals surface area contributed by atoms with Gasteiger partial charge in [0.15, 0.2) is 24.5 Å². The number of ether oxygens (including phenoxy) is 1. The molecule has 0 aliphatic carbocycles. The smallest absolute Gasteiger partial charge is 0.418 e. The average Bonchev–Trinajstić information content (AvgIpc) is 2.84. The topological polar surface area (TPSA) is 65.5 Å². The van der Waals surface area contributed by atoms with Crippen molar-refractivity contribution in [1.82, 2.24) is 4.98 Å². The van der Waals surface area contributed by atoms with Crippen LogP contribution < -0.4 is 13.3 Å². The van der Waals surface area contributed by atoms with E-state index in [1.165, 1.54) is 32.4 Å². The summed E-state index contributed by atoms with van der Waals surface area (Å²) in [6.45, 7) is 0.827. The van der Waals surface area contributed by atoms with Crippen molar-refractivity contribution < 1.29 is 49.5 Å². The quantitative estimate of drug-likeness (QED) is 0.109. The van der Waals surface area contributed by atoms with E-state index in [2.05, 4.69) is 23.4 Å². The third-order valence-electron chi connectivity index (χ3n) is 4.95. The molecule has 0 amide bonds. The molecule has 1 fully saturated rings. The molecule has 200 valence electrons. The third-order valence-corrected chi connectivity index (χ3v) is 6.37. The van der Waals surface area contributed by atoms with Crippen LogP contribution in [0.25, 0.3) is 0 Å². The van der Waals surface area contributed by atoms with Crippen molar-refractivity contribution in [3.63, 3.8) is 0 Å². The molecule has 2 aromatic rings. The van der Waals surface area contributed by atoms with Gasteiger partial charge in [0.25, 0.3) is 0 Å². The number of benzene rings is 1. The minimum Gasteiger partial charge on any atom is -0.490 e. The van der Waals surface area contributed by atoms with E-state index in [4.69, 9.17) is 4.74 Å². The van der Waals surface area contributed by atoms with Crippen molar-refractivity contribution in [2.24, 2.45) is 0 Å². The molecule has 0 saturated carbocycles. The lowest BCUT2D eigenvalue weighted by molar-refractivity contribution is -0.162. The molecule has 16 heteroatoms. The van der Waals surface area contributed by atoms with Gasteiger partial charge in [-0.1, -0.05) is 0 Å². The highest BCUT2D eigenvalue weighted by atomic mass is 32.2. The van der Waals surface area contributed by atoms with Crippen molar-refractivity contribution in [2.75, 3.05) is 35.9 Å². The summed E-state index contributed by atoms with van der Waals surface area (Å²) in [5.41, 5.74) is -2.15. The van der Waals surface area contributed by atoms with Crippen LogP contribution >= 0.6 is 24.5 Å². The molecule has 0 atom stereocenters. The molecule has 1 aromatic carbocycles. The molecular formula is C20H21F6N3O5S2. The summed E-state index contributed by atoms with van der Waals surface area (Å²) in [6.07, 6.45) is -7.95. The summed E-state index contributed by atoms with van der Waals surface area (Å²) in [5.74, 6) is 0.393. The van der Waals surface area contributed by atoms with Gasteiger partial charge < -0.3 is 9.64 Å². The minimum atomic E-state index is -4.73. The first-order valence-corrected chi connectivity index (χ1v) is 11.6. The number of nitrogens with zero attached hydrogens (tertiary/aromatic N) is 3. The van der Waals surface area contributed by atoms with Crippen LogP contribution in [0.5, 0.6) is 5.75 Å². The van der Waals surface area contributed by atoms with Gasteiger partial charge in [0.05, 0.1) is 31.0 Å². The second-order valence-corrected chi connectivity index (χ2v) is 8.79. The summed E-state index contributed by atoms with van der Waals surface area (Å²) in [5, 5.41) is 0. The van der Waals surface area contributed by atoms with E-state index in [9.17, 15) is 26.3 Å². The average molecular weight is 562 g/mol. The van der Waals surface area contributed by atoms with Gasteiger partial charge in [-0.2, -0.15) is 26.3 Å². The molecule has 0 bridgehead atoms. The first-order chi connectivity index (χ1) is 17.0. The van der Waals surface area contributed by atoms with Gasteiger partial charge >= 0.3 is 12.4 Å². The van der Waals surface area contributed by atoms with Crippen molar-refractivity contribution >= 4 is 36.0 Å². The Kier molecular flexibility index (Phi) is 9.82. The Hall–Kier alpha value is -2.11. The first kappa shape index (κ1) is 28.5. The number of piperidine rings is 1. The van der Waals surface area contributed by atoms with Gasteiger partial charge in [0.1, 0.15) is 17.7 Å². The van der Waals surface area contributed by atoms with E-state index in [-0.39, 0.29) is 11.4 Å². The Morgan fingerprint density at radius 2 is 1.56 bits per heavy atom. The van der Waals surface area contributed by atoms with Gasteiger partial charge in [-0.15, -0.1) is 8.67 Å². The second-order valence-electron chi connectivity index (χ2n) is 7.26. The Labute approximate surface area is 211 Å². The number of halogens is 6. The number of rotatable bonds is 10. The van der Waals surface area contributed by atoms with E-state index in [1.807, 2.05) is 0 Å². The number of anilines is 2. The van der Waals surface area contributed by atoms with Crippen LogP contribution in [0.1, 0.15) is 24.0 Å². The fraction of sp³-hybridized carbons (Fsp3) is 0.450. The summed E-state index contributed by atoms with van der Waals surface area (Å²) in [7, 11) is 2.38. The van der Waals surface area contributed by atoms with Crippen LogP contribution in [0.15, 0.2) is 36.5 Å². The highest BCUT2D eigenvalue weighted by Gasteiger charge is 2.37. The minimum absolute atomic E-state index is 0.00690. The van der Waals surface area contributed by atoms with Gasteiger partial charge in [-0.25, -0.2) is 18.5 Å². The van der Waals surface area contributed by atoms with Gasteiger partial charge in [-0.3, -0.25) is 0 Å². The molecule has 3 rings (SSSR count). The maximum absolute atomic E-state index is 13.8. The van der Waals surface area contributed by atoms with E-state index in [0.717, 1.165) is 22.0 Å². The second kappa shape index (κ2) is 12.4. The van der Waals surface area contributed by atoms with Crippen molar-refractivity contribution in [3.8, 4) is 5.75 Å². The molecule has 8 nitrogen and oxygen atoms in total. The van der Waals surface area contributed by atoms with E-state index >= 15 is 0 Å². The lowest BCUT2D eigenvalue weighted by atomic mass is 10.1. The fourth-order valence-electron chi connectivity index (χ4n) is 3.32. The summed E-state index contributed by atoms with van der Waals surface area (Å²) >= 11 is 0.882. The number of pyridine rings is 1. The number of hydrogen-bond donors (Lipinski definition) is 0. The lowest BCUT2D eigenvalue weighted by Gasteiger charge is -2.33. The molecule has 36 heavy (non-hydrogen) atoms. The Bertz CT molecular complexity index is 968. The van der Waals surface area contributed by atoms with Crippen molar-refractivity contribution in [3.05, 3.63) is 47.7 Å². The van der Waals surface area contributed by atoms with Crippen molar-refractivity contribution in [2.45, 2.75) is 31.3 Å². The van der Waals surface area contributed by atoms with Crippen LogP contribution in [0.2, 0.25) is 0 Å². The molecule has 0 unspecified atom stereocenters. The van der Waals surface area contributed by atoms with Gasteiger partial charge in [-0.05, 0) is 30.3 Å². The Morgan fingerprint density at radius 1 is 0.917 bits per heavy atom. The van der Waals surface area contributed by atoms with Gasteiger partial charge in [0.2, 0.25) is 0 Å². The zero-order valence-corrected chi connectivity index (χ0v) is 20.5. The summed E-state index contributed by atoms with van der Waals surface area (Å²) in [6, 6.07) is 5.69. The highest BCUT2D eigenvalue weighted by molar-refractivity contribution is 8.13. The standard InChI is InChI=1S/C20H21F6N3O5S2/c1-30-33-35-29(36-34-31-2)17-5-4-15(11-16(17)20(24,25)26)32-14-7-9-28(10-8-14)18-6-3-13(12-27-18)19(21,22)23/h3-6,11-12,14H,7-10H2,1-2H3. The number of hydrogen-bond acceptors (Lipinski definition) is 10. The normalized spacial score (nSPS) is 15.3. The largest absolute Gasteiger partial charge is 0.490 e. The van der Waals surface area contributed by atoms with E-state index in [0.29, 0.717) is 56.2 Å². The zero-order chi connectivity index (χ0) is 26.3. The van der Waals surface area contributed by atoms with Crippen LogP contribution in [-0.4, -0.2) is 38.4 Å². The molecule has 1 aromatic heterocycles. The SMILES string of the molecule is COOSN(SOOC)c1ccc(OC2CCN(c3ccc(C(F)(F)F)cn3)CC2)cc1C(F)(F)F. The fourth-order valence-corrected chi connectivity index (χ4v) is 4.28. The molecule has 0 radical (unpaired) electrons. The van der Waals surface area contributed by atoms with E-state index in [1.54, 1.807) is 4.90 Å². The third kappa shape index (κ3) is 7.69. The Balaban J connectivity index is 1.68. The monoisotopic (exact) mass is 561 g/mol. The van der Waals surface area contributed by atoms with Gasteiger partial charge in [0, 0.05) is 32.1 Å². The summed E-state index contributed by atoms with van der Waals surface area (Å²) in [4.78, 5) is 14.5. The highest BCUT2D eigenvalue weighted by Crippen LogP contribution is 2.44. The van der Waals surface area contributed by atoms with Crippen LogP contribution in [0.3, 0.4) is 0 Å². The number of aromatic nitrogens is 1. The van der Waals surface area contributed by atoms with Crippen molar-refractivity contribution in [1.29, 1.82) is 0 Å². The van der Waals surface area contributed by atoms with E-state index < -0.39 is 29.6 Å². The first-order valence-electron chi connectivity index (χ1n) is 10.2. The van der Waals surface area contributed by atoms with Crippen LogP contribution in [-0.2, 0) is 30.8 Å².